The molecule has 1 saturated heterocycles. The van der Waals surface area contributed by atoms with Gasteiger partial charge in [0.25, 0.3) is 0 Å². The Bertz CT molecular complexity index is 479. The van der Waals surface area contributed by atoms with E-state index in [1.165, 1.54) is 0 Å². The highest BCUT2D eigenvalue weighted by atomic mass is 16.4. The van der Waals surface area contributed by atoms with Gasteiger partial charge in [-0.25, -0.2) is 0 Å². The van der Waals surface area contributed by atoms with Crippen molar-refractivity contribution >= 4 is 17.8 Å². The number of likely N-dealkylation sites (tertiary alicyclic amines) is 1. The molecule has 22 heavy (non-hydrogen) atoms. The Morgan fingerprint density at radius 1 is 1.23 bits per heavy atom. The number of rotatable bonds is 6. The molecular weight excluding hydrogens is 284 g/mol. The third kappa shape index (κ3) is 2.83. The fourth-order valence-corrected chi connectivity index (χ4v) is 4.55. The lowest BCUT2D eigenvalue weighted by atomic mass is 9.78. The van der Waals surface area contributed by atoms with Crippen molar-refractivity contribution < 1.29 is 19.5 Å². The van der Waals surface area contributed by atoms with E-state index in [9.17, 15) is 19.5 Å². The number of nitrogens with zero attached hydrogens (tertiary/aromatic N) is 1. The molecule has 0 spiro atoms. The third-order valence-corrected chi connectivity index (χ3v) is 5.57. The van der Waals surface area contributed by atoms with E-state index in [0.29, 0.717) is 25.9 Å². The molecule has 0 aromatic rings. The third-order valence-electron chi connectivity index (χ3n) is 5.57. The van der Waals surface area contributed by atoms with Crippen LogP contribution in [-0.2, 0) is 14.4 Å². The topological polar surface area (TPSA) is 89.5 Å². The number of carbonyl (C=O) groups excluding carboxylic acids is 3. The number of aliphatic carboxylic acids is 1. The van der Waals surface area contributed by atoms with Gasteiger partial charge in [0.15, 0.2) is 0 Å². The van der Waals surface area contributed by atoms with Crippen molar-refractivity contribution in [1.82, 2.24) is 10.2 Å². The van der Waals surface area contributed by atoms with Crippen LogP contribution in [0.2, 0.25) is 0 Å². The number of hydrogen-bond acceptors (Lipinski definition) is 4. The van der Waals surface area contributed by atoms with Crippen LogP contribution in [0.15, 0.2) is 0 Å². The minimum atomic E-state index is -1.07. The van der Waals surface area contributed by atoms with Crippen LogP contribution in [-0.4, -0.2) is 42.3 Å². The standard InChI is InChI=1S/C16H24N2O4/c19-12-3-1-7-18(12)8-2-6-17-15(20)13-10-4-5-11(9-10)14(13)16(21)22/h10-11,13-14H,1-9H2,(H,17,20)(H,21,22)/p-1/t10-,11-,13-,14-/m0/s1. The monoisotopic (exact) mass is 307 g/mol. The van der Waals surface area contributed by atoms with E-state index in [-0.39, 0.29) is 23.7 Å². The van der Waals surface area contributed by atoms with E-state index >= 15 is 0 Å². The second-order valence-electron chi connectivity index (χ2n) is 6.83. The lowest BCUT2D eigenvalue weighted by Gasteiger charge is -2.30. The van der Waals surface area contributed by atoms with Crippen LogP contribution in [0.4, 0.5) is 0 Å². The normalized spacial score (nSPS) is 33.5. The molecule has 1 N–H and O–H groups in total. The highest BCUT2D eigenvalue weighted by molar-refractivity contribution is 5.85. The van der Waals surface area contributed by atoms with Gasteiger partial charge in [-0.15, -0.1) is 0 Å². The molecule has 122 valence electrons. The molecule has 1 aliphatic heterocycles. The Morgan fingerprint density at radius 3 is 2.59 bits per heavy atom. The van der Waals surface area contributed by atoms with E-state index in [0.717, 1.165) is 32.2 Å². The van der Waals surface area contributed by atoms with Gasteiger partial charge in [-0.2, -0.15) is 0 Å². The largest absolute Gasteiger partial charge is 0.550 e. The van der Waals surface area contributed by atoms with E-state index in [1.54, 1.807) is 0 Å². The van der Waals surface area contributed by atoms with Crippen LogP contribution >= 0.6 is 0 Å². The maximum Gasteiger partial charge on any atom is 0.224 e. The SMILES string of the molecule is O=C([O-])[C@H]1[C@H]2CC[C@@H](C2)[C@@H]1C(=O)NCCCN1CCCC1=O. The molecule has 0 radical (unpaired) electrons. The molecule has 1 heterocycles. The van der Waals surface area contributed by atoms with Gasteiger partial charge >= 0.3 is 0 Å². The Labute approximate surface area is 130 Å². The highest BCUT2D eigenvalue weighted by Crippen LogP contribution is 2.52. The summed E-state index contributed by atoms with van der Waals surface area (Å²) in [7, 11) is 0. The smallest absolute Gasteiger partial charge is 0.224 e. The summed E-state index contributed by atoms with van der Waals surface area (Å²) >= 11 is 0. The summed E-state index contributed by atoms with van der Waals surface area (Å²) in [6.07, 6.45) is 4.97. The van der Waals surface area contributed by atoms with Gasteiger partial charge in [-0.1, -0.05) is 0 Å². The number of nitrogens with one attached hydrogen (secondary N) is 1. The Hall–Kier alpha value is -1.59. The van der Waals surface area contributed by atoms with Crippen molar-refractivity contribution in [2.45, 2.75) is 38.5 Å². The zero-order valence-corrected chi connectivity index (χ0v) is 12.8. The quantitative estimate of drug-likeness (QED) is 0.672. The molecule has 0 aromatic carbocycles. The summed E-state index contributed by atoms with van der Waals surface area (Å²) in [5, 5.41) is 14.2. The molecule has 2 saturated carbocycles. The molecule has 2 amide bonds. The molecule has 3 fully saturated rings. The molecule has 3 aliphatic rings. The van der Waals surface area contributed by atoms with Crippen LogP contribution in [0.1, 0.15) is 38.5 Å². The molecule has 2 bridgehead atoms. The average molecular weight is 307 g/mol. The highest BCUT2D eigenvalue weighted by Gasteiger charge is 2.51. The number of hydrogen-bond donors (Lipinski definition) is 1. The summed E-state index contributed by atoms with van der Waals surface area (Å²) in [5.74, 6) is -1.74. The van der Waals surface area contributed by atoms with Gasteiger partial charge in [0.2, 0.25) is 11.8 Å². The van der Waals surface area contributed by atoms with E-state index in [4.69, 9.17) is 0 Å². The van der Waals surface area contributed by atoms with Crippen LogP contribution in [0.3, 0.4) is 0 Å². The number of carboxylic acids is 1. The van der Waals surface area contributed by atoms with E-state index in [2.05, 4.69) is 5.32 Å². The fourth-order valence-electron chi connectivity index (χ4n) is 4.55. The summed E-state index contributed by atoms with van der Waals surface area (Å²) < 4.78 is 0. The maximum absolute atomic E-state index is 12.3. The molecule has 0 unspecified atom stereocenters. The summed E-state index contributed by atoms with van der Waals surface area (Å²) in [6, 6.07) is 0. The van der Waals surface area contributed by atoms with Crippen molar-refractivity contribution in [2.75, 3.05) is 19.6 Å². The molecule has 0 aromatic heterocycles. The Morgan fingerprint density at radius 2 is 1.95 bits per heavy atom. The molecule has 4 atom stereocenters. The van der Waals surface area contributed by atoms with Crippen molar-refractivity contribution in [3.8, 4) is 0 Å². The number of carboxylic acid groups (broad SMARTS) is 1. The van der Waals surface area contributed by atoms with Crippen LogP contribution < -0.4 is 10.4 Å². The summed E-state index contributed by atoms with van der Waals surface area (Å²) in [6.45, 7) is 1.97. The zero-order valence-electron chi connectivity index (χ0n) is 12.8. The molecule has 3 rings (SSSR count). The van der Waals surface area contributed by atoms with Gasteiger partial charge in [-0.05, 0) is 43.9 Å². The van der Waals surface area contributed by atoms with Crippen molar-refractivity contribution in [3.63, 3.8) is 0 Å². The molecule has 6 heteroatoms. The van der Waals surface area contributed by atoms with Crippen LogP contribution in [0.25, 0.3) is 0 Å². The van der Waals surface area contributed by atoms with Crippen molar-refractivity contribution in [1.29, 1.82) is 0 Å². The number of amides is 2. The fraction of sp³-hybridized carbons (Fsp3) is 0.812. The second-order valence-corrected chi connectivity index (χ2v) is 6.83. The minimum absolute atomic E-state index is 0.118. The number of carbonyl (C=O) groups is 3. The molecule has 2 aliphatic carbocycles. The first-order valence-electron chi connectivity index (χ1n) is 8.34. The van der Waals surface area contributed by atoms with Gasteiger partial charge in [0.1, 0.15) is 0 Å². The first kappa shape index (κ1) is 15.3. The van der Waals surface area contributed by atoms with Crippen LogP contribution in [0, 0.1) is 23.7 Å². The Kier molecular flexibility index (Phi) is 4.36. The summed E-state index contributed by atoms with van der Waals surface area (Å²) in [5.41, 5.74) is 0. The van der Waals surface area contributed by atoms with Gasteiger partial charge in [0, 0.05) is 43.9 Å². The van der Waals surface area contributed by atoms with Crippen molar-refractivity contribution in [3.05, 3.63) is 0 Å². The lowest BCUT2D eigenvalue weighted by Crippen LogP contribution is -2.46. The predicted molar refractivity (Wildman–Crippen MR) is 76.3 cm³/mol. The van der Waals surface area contributed by atoms with E-state index < -0.39 is 17.8 Å². The minimum Gasteiger partial charge on any atom is -0.550 e. The van der Waals surface area contributed by atoms with Gasteiger partial charge in [0.05, 0.1) is 0 Å². The molecule has 6 nitrogen and oxygen atoms in total. The second kappa shape index (κ2) is 6.26. The first-order valence-corrected chi connectivity index (χ1v) is 8.34. The average Bonchev–Trinajstić information content (AvgIpc) is 3.18. The summed E-state index contributed by atoms with van der Waals surface area (Å²) in [4.78, 5) is 36.9. The van der Waals surface area contributed by atoms with Crippen LogP contribution in [0.5, 0.6) is 0 Å². The van der Waals surface area contributed by atoms with Gasteiger partial charge < -0.3 is 20.1 Å². The first-order chi connectivity index (χ1) is 10.6. The van der Waals surface area contributed by atoms with Gasteiger partial charge in [-0.3, -0.25) is 9.59 Å². The predicted octanol–water partition coefficient (Wildman–Crippen LogP) is -0.473. The van der Waals surface area contributed by atoms with E-state index in [1.807, 2.05) is 4.90 Å². The lowest BCUT2D eigenvalue weighted by molar-refractivity contribution is -0.314. The Balaban J connectivity index is 1.45. The molecular formula is C16H23N2O4-. The maximum atomic E-state index is 12.3. The number of fused-ring (bicyclic) bond motifs is 2. The zero-order chi connectivity index (χ0) is 15.7. The van der Waals surface area contributed by atoms with Crippen molar-refractivity contribution in [2.24, 2.45) is 23.7 Å².